The lowest BCUT2D eigenvalue weighted by Gasteiger charge is -2.50. The number of fused-ring (bicyclic) bond motifs is 3. The molecule has 1 aromatic rings. The minimum absolute atomic E-state index is 0.233. The Bertz CT molecular complexity index is 476. The molecule has 110 valence electrons. The monoisotopic (exact) mass is 358 g/mol. The van der Waals surface area contributed by atoms with E-state index in [1.54, 1.807) is 0 Å². The van der Waals surface area contributed by atoms with Crippen LogP contribution in [0.5, 0.6) is 0 Å². The van der Waals surface area contributed by atoms with Crippen LogP contribution in [0.15, 0.2) is 22.7 Å². The highest BCUT2D eigenvalue weighted by atomic mass is 79.9. The summed E-state index contributed by atoms with van der Waals surface area (Å²) in [4.78, 5) is 5.08. The van der Waals surface area contributed by atoms with Crippen molar-refractivity contribution in [3.05, 3.63) is 33.3 Å². The Morgan fingerprint density at radius 1 is 1.35 bits per heavy atom. The highest BCUT2D eigenvalue weighted by Crippen LogP contribution is 2.25. The molecular formula is C14H20BrClN4. The van der Waals surface area contributed by atoms with Crippen molar-refractivity contribution >= 4 is 27.5 Å². The van der Waals surface area contributed by atoms with Gasteiger partial charge < -0.3 is 0 Å². The maximum atomic E-state index is 6.33. The molecule has 3 fully saturated rings. The van der Waals surface area contributed by atoms with Gasteiger partial charge in [0.05, 0.1) is 0 Å². The van der Waals surface area contributed by atoms with Crippen molar-refractivity contribution in [3.63, 3.8) is 0 Å². The van der Waals surface area contributed by atoms with E-state index in [4.69, 9.17) is 17.4 Å². The number of piperazine rings is 3. The minimum Gasteiger partial charge on any atom is -0.299 e. The van der Waals surface area contributed by atoms with Gasteiger partial charge in [0.1, 0.15) is 0 Å². The summed E-state index contributed by atoms with van der Waals surface area (Å²) in [7, 11) is 0. The van der Waals surface area contributed by atoms with Crippen molar-refractivity contribution < 1.29 is 0 Å². The molecule has 3 aliphatic heterocycles. The Kier molecular flexibility index (Phi) is 4.65. The van der Waals surface area contributed by atoms with Gasteiger partial charge in [-0.15, -0.1) is 0 Å². The zero-order valence-corrected chi connectivity index (χ0v) is 13.7. The van der Waals surface area contributed by atoms with Gasteiger partial charge in [-0.25, -0.2) is 0 Å². The molecule has 3 saturated heterocycles. The van der Waals surface area contributed by atoms with Crippen LogP contribution in [0.3, 0.4) is 0 Å². The third-order valence-electron chi connectivity index (χ3n) is 4.45. The standard InChI is InChI=1S/C14H20BrClN4/c15-11-2-1-10(12(16)8-11)7-13(18-17)14-9-19-3-5-20(14)6-4-19/h1-2,8,13-14,18H,3-7,9,17H2. The number of hydrogen-bond donors (Lipinski definition) is 2. The second-order valence-corrected chi connectivity index (χ2v) is 6.94. The molecule has 0 radical (unpaired) electrons. The number of rotatable bonds is 4. The van der Waals surface area contributed by atoms with Crippen LogP contribution >= 0.6 is 27.5 Å². The molecule has 0 spiro atoms. The van der Waals surface area contributed by atoms with Gasteiger partial charge >= 0.3 is 0 Å². The highest BCUT2D eigenvalue weighted by molar-refractivity contribution is 9.10. The van der Waals surface area contributed by atoms with Crippen molar-refractivity contribution in [2.75, 3.05) is 32.7 Å². The Labute approximate surface area is 133 Å². The maximum absolute atomic E-state index is 6.33. The molecule has 2 atom stereocenters. The summed E-state index contributed by atoms with van der Waals surface area (Å²) in [5, 5.41) is 0.802. The van der Waals surface area contributed by atoms with E-state index in [-0.39, 0.29) is 6.04 Å². The molecule has 4 rings (SSSR count). The number of nitrogens with two attached hydrogens (primary N) is 1. The smallest absolute Gasteiger partial charge is 0.0449 e. The van der Waals surface area contributed by atoms with Crippen molar-refractivity contribution in [2.24, 2.45) is 5.84 Å². The van der Waals surface area contributed by atoms with Gasteiger partial charge in [-0.2, -0.15) is 0 Å². The molecule has 20 heavy (non-hydrogen) atoms. The Hall–Kier alpha value is -0.170. The van der Waals surface area contributed by atoms with E-state index >= 15 is 0 Å². The van der Waals surface area contributed by atoms with Crippen LogP contribution in [-0.4, -0.2) is 54.6 Å². The zero-order valence-electron chi connectivity index (χ0n) is 11.4. The molecule has 6 heteroatoms. The average Bonchev–Trinajstić information content (AvgIpc) is 2.48. The molecule has 3 N–H and O–H groups in total. The summed E-state index contributed by atoms with van der Waals surface area (Å²) < 4.78 is 1.01. The second kappa shape index (κ2) is 6.30. The molecule has 2 unspecified atom stereocenters. The maximum Gasteiger partial charge on any atom is 0.0449 e. The van der Waals surface area contributed by atoms with Crippen LogP contribution in [0.2, 0.25) is 5.02 Å². The van der Waals surface area contributed by atoms with E-state index in [9.17, 15) is 0 Å². The average molecular weight is 360 g/mol. The van der Waals surface area contributed by atoms with E-state index in [0.717, 1.165) is 41.1 Å². The minimum atomic E-state index is 0.233. The van der Waals surface area contributed by atoms with Crippen molar-refractivity contribution in [2.45, 2.75) is 18.5 Å². The van der Waals surface area contributed by atoms with Crippen LogP contribution in [0.4, 0.5) is 0 Å². The van der Waals surface area contributed by atoms with Crippen LogP contribution in [0, 0.1) is 0 Å². The largest absolute Gasteiger partial charge is 0.299 e. The highest BCUT2D eigenvalue weighted by Gasteiger charge is 2.36. The number of nitrogens with one attached hydrogen (secondary N) is 1. The predicted octanol–water partition coefficient (Wildman–Crippen LogP) is 1.48. The lowest BCUT2D eigenvalue weighted by Crippen LogP contribution is -2.67. The summed E-state index contributed by atoms with van der Waals surface area (Å²) in [6.07, 6.45) is 0.859. The number of hydrazine groups is 1. The lowest BCUT2D eigenvalue weighted by molar-refractivity contribution is -0.00314. The molecule has 3 heterocycles. The Morgan fingerprint density at radius 2 is 2.10 bits per heavy atom. The van der Waals surface area contributed by atoms with E-state index in [2.05, 4.69) is 37.2 Å². The molecule has 0 saturated carbocycles. The molecule has 0 aliphatic carbocycles. The Morgan fingerprint density at radius 3 is 2.65 bits per heavy atom. The zero-order chi connectivity index (χ0) is 14.1. The SMILES string of the molecule is NNC(Cc1ccc(Br)cc1Cl)C1CN2CCN1CC2. The topological polar surface area (TPSA) is 44.5 Å². The van der Waals surface area contributed by atoms with E-state index < -0.39 is 0 Å². The molecule has 3 aliphatic rings. The van der Waals surface area contributed by atoms with Gasteiger partial charge in [0.2, 0.25) is 0 Å². The summed E-state index contributed by atoms with van der Waals surface area (Å²) >= 11 is 9.77. The van der Waals surface area contributed by atoms with Crippen LogP contribution in [-0.2, 0) is 6.42 Å². The van der Waals surface area contributed by atoms with E-state index in [1.807, 2.05) is 12.1 Å². The molecular weight excluding hydrogens is 340 g/mol. The number of hydrogen-bond acceptors (Lipinski definition) is 4. The molecule has 0 aromatic heterocycles. The number of benzene rings is 1. The molecule has 2 bridgehead atoms. The van der Waals surface area contributed by atoms with Gasteiger partial charge in [0, 0.05) is 54.3 Å². The molecule has 0 amide bonds. The third-order valence-corrected chi connectivity index (χ3v) is 5.30. The van der Waals surface area contributed by atoms with E-state index in [0.29, 0.717) is 6.04 Å². The molecule has 4 nitrogen and oxygen atoms in total. The fourth-order valence-corrected chi connectivity index (χ4v) is 4.02. The first-order valence-electron chi connectivity index (χ1n) is 7.04. The van der Waals surface area contributed by atoms with Crippen LogP contribution in [0.25, 0.3) is 0 Å². The summed E-state index contributed by atoms with van der Waals surface area (Å²) in [6, 6.07) is 6.76. The molecule has 1 aromatic carbocycles. The van der Waals surface area contributed by atoms with Crippen molar-refractivity contribution in [3.8, 4) is 0 Å². The van der Waals surface area contributed by atoms with Crippen LogP contribution in [0.1, 0.15) is 5.56 Å². The van der Waals surface area contributed by atoms with Gasteiger partial charge in [-0.05, 0) is 24.1 Å². The number of nitrogens with zero attached hydrogens (tertiary/aromatic N) is 2. The first-order chi connectivity index (χ1) is 9.67. The van der Waals surface area contributed by atoms with Crippen LogP contribution < -0.4 is 11.3 Å². The van der Waals surface area contributed by atoms with Gasteiger partial charge in [-0.1, -0.05) is 33.6 Å². The first kappa shape index (κ1) is 14.8. The van der Waals surface area contributed by atoms with Gasteiger partial charge in [-0.3, -0.25) is 21.1 Å². The fourth-order valence-electron chi connectivity index (χ4n) is 3.27. The van der Waals surface area contributed by atoms with Crippen molar-refractivity contribution in [1.29, 1.82) is 0 Å². The van der Waals surface area contributed by atoms with Crippen molar-refractivity contribution in [1.82, 2.24) is 15.2 Å². The number of halogens is 2. The second-order valence-electron chi connectivity index (χ2n) is 5.62. The van der Waals surface area contributed by atoms with Gasteiger partial charge in [0.25, 0.3) is 0 Å². The normalized spacial score (nSPS) is 30.4. The summed E-state index contributed by atoms with van der Waals surface area (Å²) in [5.74, 6) is 5.82. The van der Waals surface area contributed by atoms with Gasteiger partial charge in [0.15, 0.2) is 0 Å². The Balaban J connectivity index is 1.73. The van der Waals surface area contributed by atoms with E-state index in [1.165, 1.54) is 13.1 Å². The lowest BCUT2D eigenvalue weighted by atomic mass is 9.95. The summed E-state index contributed by atoms with van der Waals surface area (Å²) in [5.41, 5.74) is 4.16. The predicted molar refractivity (Wildman–Crippen MR) is 85.8 cm³/mol. The summed E-state index contributed by atoms with van der Waals surface area (Å²) in [6.45, 7) is 5.77. The first-order valence-corrected chi connectivity index (χ1v) is 8.21. The fraction of sp³-hybridized carbons (Fsp3) is 0.571. The third kappa shape index (κ3) is 3.03. The quantitative estimate of drug-likeness (QED) is 0.631.